The van der Waals surface area contributed by atoms with Crippen molar-refractivity contribution < 1.29 is 0 Å². The van der Waals surface area contributed by atoms with Gasteiger partial charge >= 0.3 is 0 Å². The van der Waals surface area contributed by atoms with Crippen molar-refractivity contribution in [2.24, 2.45) is 5.73 Å². The fraction of sp³-hybridized carbons (Fsp3) is 0.111. The van der Waals surface area contributed by atoms with Crippen molar-refractivity contribution in [1.82, 2.24) is 19.9 Å². The number of hydrogen-bond acceptors (Lipinski definition) is 6. The Bertz CT molecular complexity index is 922. The second-order valence-corrected chi connectivity index (χ2v) is 5.73. The maximum Gasteiger partial charge on any atom is 0.130 e. The number of nitrogens with zero attached hydrogens (tertiary/aromatic N) is 4. The van der Waals surface area contributed by atoms with Crippen molar-refractivity contribution in [3.05, 3.63) is 72.1 Å². The van der Waals surface area contributed by atoms with Crippen LogP contribution in [0.2, 0.25) is 0 Å². The van der Waals surface area contributed by atoms with E-state index in [4.69, 9.17) is 11.5 Å². The Balaban J connectivity index is 1.95. The summed E-state index contributed by atoms with van der Waals surface area (Å²) in [7, 11) is 0. The molecular formula is C18H16N6. The molecule has 3 heterocycles. The molecule has 0 fully saturated rings. The first-order chi connectivity index (χ1) is 11.7. The average Bonchev–Trinajstić information content (AvgIpc) is 2.64. The number of anilines is 1. The summed E-state index contributed by atoms with van der Waals surface area (Å²) in [4.78, 5) is 17.1. The zero-order valence-corrected chi connectivity index (χ0v) is 12.9. The van der Waals surface area contributed by atoms with Crippen molar-refractivity contribution in [2.45, 2.75) is 12.0 Å². The molecule has 24 heavy (non-hydrogen) atoms. The number of nitrogen functional groups attached to an aromatic ring is 1. The molecular weight excluding hydrogens is 300 g/mol. The highest BCUT2D eigenvalue weighted by atomic mass is 14.9. The van der Waals surface area contributed by atoms with Gasteiger partial charge in [0, 0.05) is 29.7 Å². The van der Waals surface area contributed by atoms with Gasteiger partial charge in [-0.15, -0.1) is 0 Å². The van der Waals surface area contributed by atoms with Gasteiger partial charge in [0.2, 0.25) is 0 Å². The molecule has 118 valence electrons. The first-order valence-corrected chi connectivity index (χ1v) is 7.62. The van der Waals surface area contributed by atoms with Crippen LogP contribution < -0.4 is 11.5 Å². The van der Waals surface area contributed by atoms with Gasteiger partial charge in [0.05, 0.1) is 16.9 Å². The fourth-order valence-electron chi connectivity index (χ4n) is 3.17. The lowest BCUT2D eigenvalue weighted by molar-refractivity contribution is 0.525. The van der Waals surface area contributed by atoms with E-state index in [0.29, 0.717) is 12.2 Å². The topological polar surface area (TPSA) is 104 Å². The predicted octanol–water partition coefficient (Wildman–Crippen LogP) is 2.13. The van der Waals surface area contributed by atoms with Gasteiger partial charge in [0.25, 0.3) is 0 Å². The van der Waals surface area contributed by atoms with Gasteiger partial charge in [-0.25, -0.2) is 15.0 Å². The summed E-state index contributed by atoms with van der Waals surface area (Å²) in [6, 6.07) is 7.62. The first kappa shape index (κ1) is 14.5. The molecule has 1 unspecified atom stereocenters. The zero-order chi connectivity index (χ0) is 16.6. The maximum atomic E-state index is 6.86. The molecule has 0 radical (unpaired) electrons. The van der Waals surface area contributed by atoms with E-state index in [9.17, 15) is 0 Å². The third-order valence-corrected chi connectivity index (χ3v) is 4.31. The average molecular weight is 316 g/mol. The van der Waals surface area contributed by atoms with Crippen LogP contribution in [0.4, 0.5) is 5.82 Å². The van der Waals surface area contributed by atoms with E-state index in [1.807, 2.05) is 36.4 Å². The van der Waals surface area contributed by atoms with Crippen LogP contribution in [0.5, 0.6) is 0 Å². The molecule has 3 aromatic rings. The number of rotatable bonds is 2. The molecule has 4 N–H and O–H groups in total. The highest BCUT2D eigenvalue weighted by molar-refractivity contribution is 5.72. The number of nitrogens with two attached hydrogens (primary N) is 2. The first-order valence-electron chi connectivity index (χ1n) is 7.62. The highest BCUT2D eigenvalue weighted by Crippen LogP contribution is 2.40. The molecule has 1 atom stereocenters. The van der Waals surface area contributed by atoms with Crippen LogP contribution in [0.1, 0.15) is 23.2 Å². The van der Waals surface area contributed by atoms with Crippen LogP contribution in [0.15, 0.2) is 55.3 Å². The summed E-state index contributed by atoms with van der Waals surface area (Å²) < 4.78 is 0. The Morgan fingerprint density at radius 3 is 2.75 bits per heavy atom. The van der Waals surface area contributed by atoms with E-state index >= 15 is 0 Å². The lowest BCUT2D eigenvalue weighted by Gasteiger charge is -2.34. The van der Waals surface area contributed by atoms with E-state index in [-0.39, 0.29) is 0 Å². The minimum atomic E-state index is -0.789. The maximum absolute atomic E-state index is 6.86. The summed E-state index contributed by atoms with van der Waals surface area (Å²) in [6.45, 7) is 0. The molecule has 0 saturated heterocycles. The molecule has 1 aliphatic carbocycles. The standard InChI is InChI=1S/C18H16N6/c19-17-12-3-1-7-18(20,14(12)5-10-23-17)16-13(4-2-8-22-16)15-6-9-21-11-24-15/h1-6,8-11H,7,20H2,(H2,19,23). The molecule has 3 aromatic heterocycles. The molecule has 0 aliphatic heterocycles. The third kappa shape index (κ3) is 2.16. The molecule has 0 aromatic carbocycles. The summed E-state index contributed by atoms with van der Waals surface area (Å²) in [6.07, 6.45) is 11.3. The highest BCUT2D eigenvalue weighted by Gasteiger charge is 2.37. The van der Waals surface area contributed by atoms with E-state index in [1.165, 1.54) is 6.33 Å². The quantitative estimate of drug-likeness (QED) is 0.750. The fourth-order valence-corrected chi connectivity index (χ4v) is 3.17. The van der Waals surface area contributed by atoms with Crippen LogP contribution in [-0.4, -0.2) is 19.9 Å². The second-order valence-electron chi connectivity index (χ2n) is 5.73. The predicted molar refractivity (Wildman–Crippen MR) is 92.5 cm³/mol. The van der Waals surface area contributed by atoms with E-state index in [2.05, 4.69) is 19.9 Å². The number of fused-ring (bicyclic) bond motifs is 1. The van der Waals surface area contributed by atoms with Gasteiger partial charge in [-0.3, -0.25) is 4.98 Å². The molecule has 0 spiro atoms. The number of pyridine rings is 2. The Labute approximate surface area is 139 Å². The Morgan fingerprint density at radius 2 is 1.92 bits per heavy atom. The van der Waals surface area contributed by atoms with Crippen LogP contribution >= 0.6 is 0 Å². The normalized spacial score (nSPS) is 19.0. The van der Waals surface area contributed by atoms with Gasteiger partial charge < -0.3 is 11.5 Å². The molecule has 1 aliphatic rings. The van der Waals surface area contributed by atoms with E-state index < -0.39 is 5.54 Å². The summed E-state index contributed by atoms with van der Waals surface area (Å²) in [5.41, 5.74) is 16.3. The van der Waals surface area contributed by atoms with Crippen molar-refractivity contribution in [3.63, 3.8) is 0 Å². The third-order valence-electron chi connectivity index (χ3n) is 4.31. The SMILES string of the molecule is Nc1nccc2c1C=CCC2(N)c1ncccc1-c1ccncn1. The van der Waals surface area contributed by atoms with E-state index in [1.54, 1.807) is 18.6 Å². The molecule has 6 heteroatoms. The monoisotopic (exact) mass is 316 g/mol. The summed E-state index contributed by atoms with van der Waals surface area (Å²) in [5.74, 6) is 0.470. The molecule has 4 rings (SSSR count). The van der Waals surface area contributed by atoms with Crippen molar-refractivity contribution >= 4 is 11.9 Å². The minimum absolute atomic E-state index is 0.470. The van der Waals surface area contributed by atoms with Gasteiger partial charge in [0.15, 0.2) is 0 Å². The second kappa shape index (κ2) is 5.50. The van der Waals surface area contributed by atoms with Gasteiger partial charge in [-0.2, -0.15) is 0 Å². The van der Waals surface area contributed by atoms with E-state index in [0.717, 1.165) is 28.1 Å². The van der Waals surface area contributed by atoms with Crippen molar-refractivity contribution in [1.29, 1.82) is 0 Å². The van der Waals surface area contributed by atoms with Crippen molar-refractivity contribution in [2.75, 3.05) is 5.73 Å². The van der Waals surface area contributed by atoms with Crippen LogP contribution in [0.3, 0.4) is 0 Å². The molecule has 0 bridgehead atoms. The van der Waals surface area contributed by atoms with Crippen LogP contribution in [0, 0.1) is 0 Å². The van der Waals surface area contributed by atoms with Crippen LogP contribution in [0.25, 0.3) is 17.3 Å². The largest absolute Gasteiger partial charge is 0.383 e. The Kier molecular flexibility index (Phi) is 3.32. The summed E-state index contributed by atoms with van der Waals surface area (Å²) in [5, 5.41) is 0. The van der Waals surface area contributed by atoms with Gasteiger partial charge in [-0.1, -0.05) is 12.2 Å². The lowest BCUT2D eigenvalue weighted by atomic mass is 9.77. The molecule has 0 saturated carbocycles. The summed E-state index contributed by atoms with van der Waals surface area (Å²) >= 11 is 0. The minimum Gasteiger partial charge on any atom is -0.383 e. The lowest BCUT2D eigenvalue weighted by Crippen LogP contribution is -2.41. The van der Waals surface area contributed by atoms with Crippen molar-refractivity contribution in [3.8, 4) is 11.3 Å². The smallest absolute Gasteiger partial charge is 0.130 e. The molecule has 6 nitrogen and oxygen atoms in total. The Hall–Kier alpha value is -3.12. The van der Waals surface area contributed by atoms with Gasteiger partial charge in [0.1, 0.15) is 12.1 Å². The zero-order valence-electron chi connectivity index (χ0n) is 12.9. The number of aromatic nitrogens is 4. The Morgan fingerprint density at radius 1 is 1.00 bits per heavy atom. The van der Waals surface area contributed by atoms with Crippen LogP contribution in [-0.2, 0) is 5.54 Å². The van der Waals surface area contributed by atoms with Gasteiger partial charge in [-0.05, 0) is 36.2 Å². The number of hydrogen-bond donors (Lipinski definition) is 2. The molecule has 0 amide bonds.